The van der Waals surface area contributed by atoms with E-state index >= 15 is 0 Å². The van der Waals surface area contributed by atoms with Gasteiger partial charge >= 0.3 is 0 Å². The van der Waals surface area contributed by atoms with Crippen LogP contribution in [0.3, 0.4) is 0 Å². The number of anilines is 1. The number of fused-ring (bicyclic) bond motifs is 1. The Hall–Kier alpha value is -3.52. The number of ether oxygens (including phenoxy) is 2. The molecule has 0 bridgehead atoms. The number of rotatable bonds is 4. The Balaban J connectivity index is 1.69. The van der Waals surface area contributed by atoms with Gasteiger partial charge in [-0.2, -0.15) is 0 Å². The second-order valence-corrected chi connectivity index (χ2v) is 7.69. The zero-order valence-corrected chi connectivity index (χ0v) is 16.7. The third kappa shape index (κ3) is 2.50. The molecule has 0 atom stereocenters. The van der Waals surface area contributed by atoms with E-state index in [0.29, 0.717) is 34.4 Å². The summed E-state index contributed by atoms with van der Waals surface area (Å²) in [6.45, 7) is 0. The quantitative estimate of drug-likeness (QED) is 0.609. The van der Waals surface area contributed by atoms with Crippen LogP contribution >= 0.6 is 0 Å². The summed E-state index contributed by atoms with van der Waals surface area (Å²) in [6.07, 6.45) is 0.0118. The lowest BCUT2D eigenvalue weighted by Crippen LogP contribution is -2.61. The van der Waals surface area contributed by atoms with Gasteiger partial charge in [-0.05, 0) is 12.1 Å². The highest BCUT2D eigenvalue weighted by molar-refractivity contribution is 6.30. The lowest BCUT2D eigenvalue weighted by atomic mass is 9.70. The van der Waals surface area contributed by atoms with E-state index in [-0.39, 0.29) is 18.6 Å². The number of aromatic amines is 1. The molecule has 1 fully saturated rings. The summed E-state index contributed by atoms with van der Waals surface area (Å²) in [7, 11) is 3.13. The van der Waals surface area contributed by atoms with Crippen molar-refractivity contribution in [3.05, 3.63) is 54.1 Å². The molecule has 1 aliphatic carbocycles. The molecule has 0 unspecified atom stereocenters. The Bertz CT molecular complexity index is 1140. The first-order chi connectivity index (χ1) is 14.5. The summed E-state index contributed by atoms with van der Waals surface area (Å²) in [6, 6.07) is 12.9. The first kappa shape index (κ1) is 18.5. The molecule has 3 aromatic rings. The van der Waals surface area contributed by atoms with Gasteiger partial charge in [-0.1, -0.05) is 12.1 Å². The van der Waals surface area contributed by atoms with Crippen LogP contribution in [-0.2, 0) is 4.79 Å². The van der Waals surface area contributed by atoms with E-state index in [2.05, 4.69) is 9.97 Å². The minimum absolute atomic E-state index is 0.147. The van der Waals surface area contributed by atoms with Gasteiger partial charge in [0, 0.05) is 31.0 Å². The highest BCUT2D eigenvalue weighted by atomic mass is 16.5. The number of nitrogens with one attached hydrogen (secondary N) is 1. The molecule has 5 rings (SSSR count). The van der Waals surface area contributed by atoms with Crippen molar-refractivity contribution in [2.75, 3.05) is 19.1 Å². The number of methoxy groups -OCH3 is 2. The van der Waals surface area contributed by atoms with E-state index in [4.69, 9.17) is 15.2 Å². The zero-order chi connectivity index (χ0) is 21.0. The first-order valence-electron chi connectivity index (χ1n) is 9.68. The molecule has 8 nitrogen and oxygen atoms in total. The van der Waals surface area contributed by atoms with Crippen LogP contribution < -0.4 is 20.1 Å². The van der Waals surface area contributed by atoms with Gasteiger partial charge in [-0.25, -0.2) is 4.98 Å². The lowest BCUT2D eigenvalue weighted by molar-refractivity contribution is -0.124. The van der Waals surface area contributed by atoms with Gasteiger partial charge in [0.1, 0.15) is 34.3 Å². The van der Waals surface area contributed by atoms with E-state index in [1.165, 1.54) is 0 Å². The molecular weight excluding hydrogens is 384 g/mol. The Morgan fingerprint density at radius 3 is 2.43 bits per heavy atom. The zero-order valence-electron chi connectivity index (χ0n) is 16.7. The van der Waals surface area contributed by atoms with Crippen LogP contribution in [0.2, 0.25) is 0 Å². The molecule has 8 heteroatoms. The molecule has 4 N–H and O–H groups in total. The number of hydrogen-bond acceptors (Lipinski definition) is 7. The second kappa shape index (κ2) is 6.50. The average Bonchev–Trinajstić information content (AvgIpc) is 3.24. The summed E-state index contributed by atoms with van der Waals surface area (Å²) in [5, 5.41) is 10.1. The van der Waals surface area contributed by atoms with Crippen LogP contribution in [-0.4, -0.2) is 46.7 Å². The van der Waals surface area contributed by atoms with E-state index in [1.54, 1.807) is 37.3 Å². The maximum absolute atomic E-state index is 13.6. The summed E-state index contributed by atoms with van der Waals surface area (Å²) in [5.74, 6) is 1.73. The summed E-state index contributed by atoms with van der Waals surface area (Å²) >= 11 is 0. The van der Waals surface area contributed by atoms with Crippen molar-refractivity contribution in [1.29, 1.82) is 0 Å². The Kier molecular flexibility index (Phi) is 4.01. The molecule has 0 saturated heterocycles. The third-order valence-corrected chi connectivity index (χ3v) is 5.94. The first-order valence-corrected chi connectivity index (χ1v) is 9.68. The van der Waals surface area contributed by atoms with Gasteiger partial charge in [-0.15, -0.1) is 0 Å². The van der Waals surface area contributed by atoms with Crippen molar-refractivity contribution in [2.24, 2.45) is 5.73 Å². The second-order valence-electron chi connectivity index (χ2n) is 7.69. The van der Waals surface area contributed by atoms with Crippen molar-refractivity contribution < 1.29 is 19.4 Å². The van der Waals surface area contributed by atoms with Gasteiger partial charge in [0.25, 0.3) is 0 Å². The highest BCUT2D eigenvalue weighted by Gasteiger charge is 2.60. The van der Waals surface area contributed by atoms with Gasteiger partial charge in [-0.3, -0.25) is 4.79 Å². The van der Waals surface area contributed by atoms with Crippen molar-refractivity contribution in [3.63, 3.8) is 0 Å². The largest absolute Gasteiger partial charge is 0.497 e. The average molecular weight is 406 g/mol. The van der Waals surface area contributed by atoms with E-state index < -0.39 is 11.6 Å². The van der Waals surface area contributed by atoms with Crippen LogP contribution in [0.4, 0.5) is 5.69 Å². The van der Waals surface area contributed by atoms with Gasteiger partial charge in [0.2, 0.25) is 0 Å². The minimum Gasteiger partial charge on any atom is -0.497 e. The monoisotopic (exact) mass is 406 g/mol. The standard InChI is InChI=1S/C22H22N4O4/c1-29-14-7-12(8-15(9-14)30-2)26-20(23)18(19(28)22(26)10-13(27)11-22)21-24-16-5-3-4-6-17(16)25-21/h3-9,13,27H,10-11,23H2,1-2H3,(H,24,25)/t13-,22-. The molecule has 154 valence electrons. The number of benzene rings is 2. The number of aromatic nitrogens is 2. The number of carbonyl (C=O) groups excluding carboxylic acids is 1. The fourth-order valence-corrected chi connectivity index (χ4v) is 4.49. The number of nitrogens with zero attached hydrogens (tertiary/aromatic N) is 2. The van der Waals surface area contributed by atoms with Gasteiger partial charge in [0.15, 0.2) is 5.78 Å². The molecule has 1 saturated carbocycles. The molecule has 1 aromatic heterocycles. The van der Waals surface area contributed by atoms with E-state index in [9.17, 15) is 9.90 Å². The smallest absolute Gasteiger partial charge is 0.196 e. The minimum atomic E-state index is -0.949. The number of para-hydroxylation sites is 2. The van der Waals surface area contributed by atoms with Crippen LogP contribution in [0, 0.1) is 0 Å². The Morgan fingerprint density at radius 2 is 1.83 bits per heavy atom. The van der Waals surface area contributed by atoms with E-state index in [0.717, 1.165) is 11.0 Å². The molecule has 2 aromatic carbocycles. The summed E-state index contributed by atoms with van der Waals surface area (Å²) < 4.78 is 10.8. The number of Topliss-reactive ketones (excluding diaryl/α,β-unsaturated/α-hetero) is 1. The lowest BCUT2D eigenvalue weighted by Gasteiger charge is -2.48. The maximum atomic E-state index is 13.6. The SMILES string of the molecule is COc1cc(OC)cc(N2C(N)=C(c3nc4ccccc4[nH]3)C(=O)[C@]23C[C@@H](O)C3)c1. The summed E-state index contributed by atoms with van der Waals surface area (Å²) in [4.78, 5) is 23.2. The van der Waals surface area contributed by atoms with Gasteiger partial charge in [0.05, 0.1) is 37.0 Å². The number of imidazole rings is 1. The number of ketones is 1. The van der Waals surface area contributed by atoms with Gasteiger partial charge < -0.3 is 30.2 Å². The fourth-order valence-electron chi connectivity index (χ4n) is 4.49. The molecule has 0 amide bonds. The van der Waals surface area contributed by atoms with Crippen molar-refractivity contribution in [1.82, 2.24) is 9.97 Å². The molecule has 2 heterocycles. The molecule has 0 radical (unpaired) electrons. The van der Waals surface area contributed by atoms with Crippen LogP contribution in [0.25, 0.3) is 16.6 Å². The van der Waals surface area contributed by atoms with Crippen molar-refractivity contribution in [2.45, 2.75) is 24.5 Å². The number of aliphatic hydroxyl groups excluding tert-OH is 1. The predicted octanol–water partition coefficient (Wildman–Crippen LogP) is 2.19. The summed E-state index contributed by atoms with van der Waals surface area (Å²) in [5.41, 5.74) is 8.20. The maximum Gasteiger partial charge on any atom is 0.196 e. The van der Waals surface area contributed by atoms with Crippen LogP contribution in [0.15, 0.2) is 48.3 Å². The van der Waals surface area contributed by atoms with Crippen LogP contribution in [0.5, 0.6) is 11.5 Å². The Morgan fingerprint density at radius 1 is 1.17 bits per heavy atom. The van der Waals surface area contributed by atoms with Crippen LogP contribution in [0.1, 0.15) is 18.7 Å². The normalized spacial score (nSPS) is 23.4. The number of aliphatic hydroxyl groups is 1. The number of nitrogens with two attached hydrogens (primary N) is 1. The molecule has 1 spiro atoms. The molecule has 30 heavy (non-hydrogen) atoms. The fraction of sp³-hybridized carbons (Fsp3) is 0.273. The van der Waals surface area contributed by atoms with E-state index in [1.807, 2.05) is 24.3 Å². The topological polar surface area (TPSA) is 114 Å². The molecular formula is C22H22N4O4. The molecule has 2 aliphatic rings. The highest BCUT2D eigenvalue weighted by Crippen LogP contribution is 2.51. The Labute approximate surface area is 172 Å². The third-order valence-electron chi connectivity index (χ3n) is 5.94. The number of H-pyrrole nitrogens is 1. The van der Waals surface area contributed by atoms with Crippen molar-refractivity contribution in [3.8, 4) is 11.5 Å². The molecule has 1 aliphatic heterocycles. The number of hydrogen-bond donors (Lipinski definition) is 3. The number of carbonyl (C=O) groups is 1. The predicted molar refractivity (Wildman–Crippen MR) is 112 cm³/mol. The van der Waals surface area contributed by atoms with Crippen molar-refractivity contribution >= 4 is 28.1 Å².